The Morgan fingerprint density at radius 1 is 1.06 bits per heavy atom. The first-order chi connectivity index (χ1) is 15.4. The van der Waals surface area contributed by atoms with Crippen LogP contribution in [0.2, 0.25) is 0 Å². The number of hydrogen-bond acceptors (Lipinski definition) is 6. The van der Waals surface area contributed by atoms with Gasteiger partial charge in [-0.05, 0) is 63.9 Å². The Morgan fingerprint density at radius 3 is 2.44 bits per heavy atom. The van der Waals surface area contributed by atoms with E-state index in [0.717, 1.165) is 62.9 Å². The lowest BCUT2D eigenvalue weighted by atomic mass is 9.78. The molecule has 2 N–H and O–H groups in total. The molecule has 0 unspecified atom stereocenters. The van der Waals surface area contributed by atoms with Crippen LogP contribution < -0.4 is 10.5 Å². The minimum absolute atomic E-state index is 0.214. The largest absolute Gasteiger partial charge is 0.463 e. The molecule has 3 heterocycles. The predicted molar refractivity (Wildman–Crippen MR) is 124 cm³/mol. The average molecular weight is 434 g/mol. The molecule has 168 valence electrons. The van der Waals surface area contributed by atoms with E-state index in [1.807, 2.05) is 13.8 Å². The predicted octanol–water partition coefficient (Wildman–Crippen LogP) is 4.25. The molecule has 3 aliphatic rings. The summed E-state index contributed by atoms with van der Waals surface area (Å²) in [5, 5.41) is 0. The van der Waals surface area contributed by atoms with E-state index in [2.05, 4.69) is 39.1 Å². The fourth-order valence-electron chi connectivity index (χ4n) is 5.29. The van der Waals surface area contributed by atoms with Crippen molar-refractivity contribution in [3.8, 4) is 5.88 Å². The highest BCUT2D eigenvalue weighted by atomic mass is 16.5. The first kappa shape index (κ1) is 20.9. The Kier molecular flexibility index (Phi) is 5.35. The highest BCUT2D eigenvalue weighted by molar-refractivity contribution is 6.09. The first-order valence-corrected chi connectivity index (χ1v) is 11.7. The van der Waals surface area contributed by atoms with E-state index in [9.17, 15) is 4.79 Å². The van der Waals surface area contributed by atoms with Crippen LogP contribution in [0.15, 0.2) is 35.6 Å². The van der Waals surface area contributed by atoms with Crippen molar-refractivity contribution in [1.29, 1.82) is 0 Å². The molecule has 7 heteroatoms. The average Bonchev–Trinajstić information content (AvgIpc) is 3.33. The van der Waals surface area contributed by atoms with Crippen molar-refractivity contribution in [2.24, 2.45) is 10.9 Å². The van der Waals surface area contributed by atoms with Crippen molar-refractivity contribution >= 4 is 23.1 Å². The minimum atomic E-state index is -0.622. The second-order valence-electron chi connectivity index (χ2n) is 9.69. The van der Waals surface area contributed by atoms with Crippen LogP contribution in [0.3, 0.4) is 0 Å². The SMILES string of the molecule is CC1(C)Oc2ncnc(N)c2N=C1c1ccc(C2CCC(C(=O)N3CCCC3)CC2)cc1. The molecule has 2 fully saturated rings. The molecule has 2 aliphatic heterocycles. The topological polar surface area (TPSA) is 93.7 Å². The number of fused-ring (bicyclic) bond motifs is 1. The van der Waals surface area contributed by atoms with Gasteiger partial charge in [0.05, 0.1) is 5.71 Å². The molecule has 1 aromatic heterocycles. The Hall–Kier alpha value is -2.96. The second-order valence-corrected chi connectivity index (χ2v) is 9.69. The fourth-order valence-corrected chi connectivity index (χ4v) is 5.29. The van der Waals surface area contributed by atoms with Crippen LogP contribution in [-0.4, -0.2) is 45.2 Å². The lowest BCUT2D eigenvalue weighted by Crippen LogP contribution is -2.41. The molecule has 7 nitrogen and oxygen atoms in total. The summed E-state index contributed by atoms with van der Waals surface area (Å²) >= 11 is 0. The third-order valence-corrected chi connectivity index (χ3v) is 7.11. The maximum absolute atomic E-state index is 12.7. The standard InChI is InChI=1S/C25H31N5O2/c1-25(2)21(29-20-22(26)27-15-28-23(20)32-25)18-9-5-16(6-10-18)17-7-11-19(12-8-17)24(31)30-13-3-4-14-30/h5-6,9-10,15,17,19H,3-4,7-8,11-14H2,1-2H3,(H2,26,27,28). The maximum Gasteiger partial charge on any atom is 0.246 e. The van der Waals surface area contributed by atoms with Crippen molar-refractivity contribution in [3.05, 3.63) is 41.7 Å². The molecule has 32 heavy (non-hydrogen) atoms. The molecule has 0 atom stereocenters. The molecule has 1 aromatic carbocycles. The van der Waals surface area contributed by atoms with E-state index >= 15 is 0 Å². The summed E-state index contributed by atoms with van der Waals surface area (Å²) in [6, 6.07) is 8.63. The molecule has 1 saturated carbocycles. The van der Waals surface area contributed by atoms with Crippen molar-refractivity contribution in [2.75, 3.05) is 18.8 Å². The first-order valence-electron chi connectivity index (χ1n) is 11.7. The number of ether oxygens (including phenoxy) is 1. The van der Waals surface area contributed by atoms with Gasteiger partial charge in [0.15, 0.2) is 11.5 Å². The van der Waals surface area contributed by atoms with E-state index < -0.39 is 5.60 Å². The second kappa shape index (κ2) is 8.19. The van der Waals surface area contributed by atoms with Crippen LogP contribution in [0.4, 0.5) is 11.5 Å². The van der Waals surface area contributed by atoms with Gasteiger partial charge in [-0.2, -0.15) is 4.98 Å². The monoisotopic (exact) mass is 433 g/mol. The number of carbonyl (C=O) groups is 1. The molecule has 1 aliphatic carbocycles. The molecule has 0 bridgehead atoms. The summed E-state index contributed by atoms with van der Waals surface area (Å²) in [4.78, 5) is 27.8. The van der Waals surface area contributed by atoms with Crippen LogP contribution in [0.1, 0.15) is 69.4 Å². The van der Waals surface area contributed by atoms with Crippen molar-refractivity contribution < 1.29 is 9.53 Å². The van der Waals surface area contributed by atoms with Crippen molar-refractivity contribution in [3.63, 3.8) is 0 Å². The van der Waals surface area contributed by atoms with Crippen LogP contribution in [0.25, 0.3) is 0 Å². The van der Waals surface area contributed by atoms with Crippen LogP contribution >= 0.6 is 0 Å². The lowest BCUT2D eigenvalue weighted by molar-refractivity contribution is -0.135. The van der Waals surface area contributed by atoms with E-state index in [0.29, 0.717) is 29.2 Å². The number of aliphatic imine (C=N–C) groups is 1. The Labute approximate surface area is 189 Å². The number of likely N-dealkylation sites (tertiary alicyclic amines) is 1. The van der Waals surface area contributed by atoms with Gasteiger partial charge in [-0.3, -0.25) is 4.79 Å². The maximum atomic E-state index is 12.7. The molecule has 5 rings (SSSR count). The summed E-state index contributed by atoms with van der Waals surface area (Å²) in [6.45, 7) is 5.87. The van der Waals surface area contributed by atoms with Crippen molar-refractivity contribution in [2.45, 2.75) is 63.9 Å². The zero-order valence-corrected chi connectivity index (χ0v) is 18.9. The summed E-state index contributed by atoms with van der Waals surface area (Å²) in [6.07, 6.45) is 7.84. The molecular formula is C25H31N5O2. The third-order valence-electron chi connectivity index (χ3n) is 7.11. The zero-order valence-electron chi connectivity index (χ0n) is 18.9. The Bertz CT molecular complexity index is 1030. The molecular weight excluding hydrogens is 402 g/mol. The van der Waals surface area contributed by atoms with Crippen LogP contribution in [0.5, 0.6) is 5.88 Å². The molecule has 1 saturated heterocycles. The van der Waals surface area contributed by atoms with Gasteiger partial charge < -0.3 is 15.4 Å². The molecule has 0 spiro atoms. The van der Waals surface area contributed by atoms with Gasteiger partial charge in [0.2, 0.25) is 11.8 Å². The number of nitrogen functional groups attached to an aromatic ring is 1. The van der Waals surface area contributed by atoms with E-state index in [-0.39, 0.29) is 5.92 Å². The van der Waals surface area contributed by atoms with Gasteiger partial charge in [0, 0.05) is 24.6 Å². The van der Waals surface area contributed by atoms with Crippen LogP contribution in [0, 0.1) is 5.92 Å². The number of carbonyl (C=O) groups excluding carboxylic acids is 1. The quantitative estimate of drug-likeness (QED) is 0.781. The number of anilines is 1. The highest BCUT2D eigenvalue weighted by Gasteiger charge is 2.35. The molecule has 0 radical (unpaired) electrons. The van der Waals surface area contributed by atoms with E-state index in [1.54, 1.807) is 0 Å². The lowest BCUT2D eigenvalue weighted by Gasteiger charge is -2.32. The van der Waals surface area contributed by atoms with Gasteiger partial charge in [0.1, 0.15) is 11.9 Å². The fraction of sp³-hybridized carbons (Fsp3) is 0.520. The smallest absolute Gasteiger partial charge is 0.246 e. The van der Waals surface area contributed by atoms with E-state index in [4.69, 9.17) is 15.5 Å². The number of nitrogens with zero attached hydrogens (tertiary/aromatic N) is 4. The molecule has 1 amide bonds. The van der Waals surface area contributed by atoms with Gasteiger partial charge in [-0.15, -0.1) is 0 Å². The Morgan fingerprint density at radius 2 is 1.75 bits per heavy atom. The number of hydrogen-bond donors (Lipinski definition) is 1. The third kappa shape index (κ3) is 3.85. The van der Waals surface area contributed by atoms with Crippen LogP contribution in [-0.2, 0) is 4.79 Å². The molecule has 2 aromatic rings. The summed E-state index contributed by atoms with van der Waals surface area (Å²) in [5.41, 5.74) is 9.02. The number of aromatic nitrogens is 2. The number of benzene rings is 1. The Balaban J connectivity index is 1.30. The van der Waals surface area contributed by atoms with Gasteiger partial charge in [0.25, 0.3) is 0 Å². The van der Waals surface area contributed by atoms with Gasteiger partial charge in [-0.1, -0.05) is 24.3 Å². The van der Waals surface area contributed by atoms with E-state index in [1.165, 1.54) is 11.9 Å². The van der Waals surface area contributed by atoms with Gasteiger partial charge >= 0.3 is 0 Å². The normalized spacial score (nSPS) is 24.4. The highest BCUT2D eigenvalue weighted by Crippen LogP contribution is 2.40. The summed E-state index contributed by atoms with van der Waals surface area (Å²) < 4.78 is 6.09. The minimum Gasteiger partial charge on any atom is -0.463 e. The zero-order chi connectivity index (χ0) is 22.3. The number of nitrogens with two attached hydrogens (primary N) is 1. The van der Waals surface area contributed by atoms with Crippen molar-refractivity contribution in [1.82, 2.24) is 14.9 Å². The summed E-state index contributed by atoms with van der Waals surface area (Å²) in [7, 11) is 0. The number of amides is 1. The summed E-state index contributed by atoms with van der Waals surface area (Å²) in [5.74, 6) is 1.85. The number of rotatable bonds is 3. The van der Waals surface area contributed by atoms with Gasteiger partial charge in [-0.25, -0.2) is 9.98 Å².